The minimum Gasteiger partial charge on any atom is -0.478 e. The van der Waals surface area contributed by atoms with E-state index in [9.17, 15) is 9.18 Å². The third-order valence-corrected chi connectivity index (χ3v) is 3.46. The Bertz CT molecular complexity index is 653. The van der Waals surface area contributed by atoms with Crippen molar-refractivity contribution in [2.24, 2.45) is 5.92 Å². The Morgan fingerprint density at radius 1 is 1.58 bits per heavy atom. The lowest BCUT2D eigenvalue weighted by molar-refractivity contribution is 0.0698. The molecule has 3 rings (SSSR count). The Hall–Kier alpha value is -1.95. The van der Waals surface area contributed by atoms with Crippen LogP contribution < -0.4 is 0 Å². The lowest BCUT2D eigenvalue weighted by atomic mass is 10.0. The third kappa shape index (κ3) is 1.98. The number of nitrogens with one attached hydrogen (secondary N) is 1. The van der Waals surface area contributed by atoms with E-state index in [-0.39, 0.29) is 17.2 Å². The van der Waals surface area contributed by atoms with E-state index < -0.39 is 11.8 Å². The third-order valence-electron chi connectivity index (χ3n) is 3.46. The van der Waals surface area contributed by atoms with Gasteiger partial charge in [-0.05, 0) is 24.5 Å². The highest BCUT2D eigenvalue weighted by Gasteiger charge is 2.29. The number of halogens is 1. The van der Waals surface area contributed by atoms with E-state index in [1.54, 1.807) is 0 Å². The lowest BCUT2D eigenvalue weighted by Crippen LogP contribution is -2.05. The molecule has 19 heavy (non-hydrogen) atoms. The number of carboxylic acids is 1. The number of benzene rings is 1. The molecule has 2 heterocycles. The maximum absolute atomic E-state index is 13.4. The van der Waals surface area contributed by atoms with E-state index >= 15 is 0 Å². The summed E-state index contributed by atoms with van der Waals surface area (Å²) < 4.78 is 19.0. The fraction of sp³-hybridized carbons (Fsp3) is 0.385. The summed E-state index contributed by atoms with van der Waals surface area (Å²) in [5, 5.41) is 9.08. The molecular weight excluding hydrogens is 251 g/mol. The Balaban J connectivity index is 2.14. The van der Waals surface area contributed by atoms with Crippen LogP contribution in [-0.2, 0) is 4.74 Å². The number of fused-ring (bicyclic) bond motifs is 1. The van der Waals surface area contributed by atoms with Gasteiger partial charge in [0.15, 0.2) is 0 Å². The number of nitrogens with zero attached hydrogens (tertiary/aromatic N) is 1. The first-order valence-electron chi connectivity index (χ1n) is 6.10. The molecule has 1 aromatic carbocycles. The normalized spacial score (nSPS) is 23.1. The number of hydrogen-bond donors (Lipinski definition) is 2. The Kier molecular flexibility index (Phi) is 2.74. The Morgan fingerprint density at radius 2 is 2.37 bits per heavy atom. The zero-order valence-electron chi connectivity index (χ0n) is 10.3. The first kappa shape index (κ1) is 12.1. The standard InChI is InChI=1S/C13H13FN2O3/c1-6-2-3-19-11(6)12-15-9-5-7(14)4-8(13(17)18)10(9)16-12/h4-6,11H,2-3H2,1H3,(H,15,16)(H,17,18). The molecule has 1 aromatic heterocycles. The number of aromatic nitrogens is 2. The van der Waals surface area contributed by atoms with Crippen molar-refractivity contribution in [3.8, 4) is 0 Å². The molecule has 5 nitrogen and oxygen atoms in total. The van der Waals surface area contributed by atoms with Crippen LogP contribution in [0.1, 0.15) is 35.6 Å². The van der Waals surface area contributed by atoms with Crippen LogP contribution in [0.3, 0.4) is 0 Å². The first-order chi connectivity index (χ1) is 9.06. The Morgan fingerprint density at radius 3 is 3.00 bits per heavy atom. The van der Waals surface area contributed by atoms with E-state index in [0.717, 1.165) is 12.5 Å². The summed E-state index contributed by atoms with van der Waals surface area (Å²) in [4.78, 5) is 18.4. The second-order valence-corrected chi connectivity index (χ2v) is 4.83. The number of carboxylic acid groups (broad SMARTS) is 1. The quantitative estimate of drug-likeness (QED) is 0.873. The molecule has 100 valence electrons. The molecule has 0 saturated carbocycles. The number of imidazole rings is 1. The molecule has 6 heteroatoms. The minimum atomic E-state index is -1.19. The van der Waals surface area contributed by atoms with Gasteiger partial charge in [0.05, 0.1) is 11.1 Å². The van der Waals surface area contributed by atoms with Gasteiger partial charge in [0.2, 0.25) is 0 Å². The van der Waals surface area contributed by atoms with Crippen molar-refractivity contribution in [2.45, 2.75) is 19.4 Å². The molecule has 0 amide bonds. The van der Waals surface area contributed by atoms with Crippen LogP contribution in [0, 0.1) is 11.7 Å². The smallest absolute Gasteiger partial charge is 0.338 e. The van der Waals surface area contributed by atoms with Crippen molar-refractivity contribution in [3.63, 3.8) is 0 Å². The van der Waals surface area contributed by atoms with Gasteiger partial charge in [-0.3, -0.25) is 0 Å². The van der Waals surface area contributed by atoms with E-state index in [1.165, 1.54) is 6.07 Å². The van der Waals surface area contributed by atoms with Crippen molar-refractivity contribution in [2.75, 3.05) is 6.61 Å². The predicted molar refractivity (Wildman–Crippen MR) is 65.5 cm³/mol. The number of aromatic amines is 1. The second-order valence-electron chi connectivity index (χ2n) is 4.83. The summed E-state index contributed by atoms with van der Waals surface area (Å²) in [5.74, 6) is -0.921. The molecule has 2 unspecified atom stereocenters. The number of ether oxygens (including phenoxy) is 1. The molecule has 0 radical (unpaired) electrons. The average Bonchev–Trinajstić information content (AvgIpc) is 2.93. The van der Waals surface area contributed by atoms with Gasteiger partial charge in [0.1, 0.15) is 23.3 Å². The fourth-order valence-corrected chi connectivity index (χ4v) is 2.44. The lowest BCUT2D eigenvalue weighted by Gasteiger charge is -2.10. The predicted octanol–water partition coefficient (Wildman–Crippen LogP) is 2.50. The van der Waals surface area contributed by atoms with Gasteiger partial charge >= 0.3 is 5.97 Å². The Labute approximate surface area is 108 Å². The van der Waals surface area contributed by atoms with Crippen molar-refractivity contribution in [3.05, 3.63) is 29.3 Å². The van der Waals surface area contributed by atoms with E-state index in [2.05, 4.69) is 9.97 Å². The van der Waals surface area contributed by atoms with Gasteiger partial charge in [-0.1, -0.05) is 6.92 Å². The average molecular weight is 264 g/mol. The molecule has 0 spiro atoms. The van der Waals surface area contributed by atoms with Gasteiger partial charge in [0.25, 0.3) is 0 Å². The van der Waals surface area contributed by atoms with E-state index in [0.29, 0.717) is 23.9 Å². The summed E-state index contributed by atoms with van der Waals surface area (Å²) in [7, 11) is 0. The van der Waals surface area contributed by atoms with Gasteiger partial charge in [-0.2, -0.15) is 0 Å². The van der Waals surface area contributed by atoms with Gasteiger partial charge in [-0.15, -0.1) is 0 Å². The van der Waals surface area contributed by atoms with Crippen molar-refractivity contribution < 1.29 is 19.0 Å². The summed E-state index contributed by atoms with van der Waals surface area (Å²) in [6.45, 7) is 2.70. The molecule has 2 aromatic rings. The van der Waals surface area contributed by atoms with Crippen LogP contribution in [0.4, 0.5) is 4.39 Å². The van der Waals surface area contributed by atoms with Crippen LogP contribution in [-0.4, -0.2) is 27.7 Å². The van der Waals surface area contributed by atoms with Crippen molar-refractivity contribution in [1.29, 1.82) is 0 Å². The van der Waals surface area contributed by atoms with Crippen molar-refractivity contribution >= 4 is 17.0 Å². The highest BCUT2D eigenvalue weighted by Crippen LogP contribution is 2.33. The maximum atomic E-state index is 13.4. The van der Waals surface area contributed by atoms with Crippen LogP contribution >= 0.6 is 0 Å². The zero-order chi connectivity index (χ0) is 13.6. The van der Waals surface area contributed by atoms with E-state index in [1.807, 2.05) is 6.92 Å². The number of aromatic carboxylic acids is 1. The molecule has 0 aliphatic carbocycles. The molecule has 1 fully saturated rings. The summed E-state index contributed by atoms with van der Waals surface area (Å²) in [6.07, 6.45) is 0.749. The topological polar surface area (TPSA) is 75.2 Å². The number of carbonyl (C=O) groups is 1. The van der Waals surface area contributed by atoms with Crippen LogP contribution in [0.5, 0.6) is 0 Å². The number of H-pyrrole nitrogens is 1. The number of rotatable bonds is 2. The van der Waals surface area contributed by atoms with Crippen LogP contribution in [0.15, 0.2) is 12.1 Å². The highest BCUT2D eigenvalue weighted by atomic mass is 19.1. The fourth-order valence-electron chi connectivity index (χ4n) is 2.44. The molecule has 1 aliphatic rings. The second kappa shape index (κ2) is 4.31. The SMILES string of the molecule is CC1CCOC1c1nc2c(C(=O)O)cc(F)cc2[nH]1. The molecular formula is C13H13FN2O3. The molecule has 2 N–H and O–H groups in total. The summed E-state index contributed by atoms with van der Waals surface area (Å²) in [6, 6.07) is 2.23. The maximum Gasteiger partial charge on any atom is 0.338 e. The zero-order valence-corrected chi connectivity index (χ0v) is 10.3. The molecule has 2 atom stereocenters. The number of hydrogen-bond acceptors (Lipinski definition) is 3. The van der Waals surface area contributed by atoms with Gasteiger partial charge in [-0.25, -0.2) is 14.2 Å². The van der Waals surface area contributed by atoms with E-state index in [4.69, 9.17) is 9.84 Å². The minimum absolute atomic E-state index is 0.136. The van der Waals surface area contributed by atoms with Crippen molar-refractivity contribution in [1.82, 2.24) is 9.97 Å². The first-order valence-corrected chi connectivity index (χ1v) is 6.10. The highest BCUT2D eigenvalue weighted by molar-refractivity contribution is 6.01. The summed E-state index contributed by atoms with van der Waals surface area (Å²) in [5.41, 5.74) is 0.518. The summed E-state index contributed by atoms with van der Waals surface area (Å²) >= 11 is 0. The van der Waals surface area contributed by atoms with Gasteiger partial charge < -0.3 is 14.8 Å². The van der Waals surface area contributed by atoms with Crippen LogP contribution in [0.2, 0.25) is 0 Å². The molecule has 1 aliphatic heterocycles. The monoisotopic (exact) mass is 264 g/mol. The van der Waals surface area contributed by atoms with Crippen LogP contribution in [0.25, 0.3) is 11.0 Å². The molecule has 0 bridgehead atoms. The molecule has 1 saturated heterocycles. The largest absolute Gasteiger partial charge is 0.478 e. The van der Waals surface area contributed by atoms with Gasteiger partial charge in [0, 0.05) is 6.61 Å².